The molecule has 2 heterocycles. The van der Waals surface area contributed by atoms with E-state index in [9.17, 15) is 13.2 Å². The van der Waals surface area contributed by atoms with Crippen LogP contribution in [0.4, 0.5) is 13.2 Å². The van der Waals surface area contributed by atoms with E-state index in [1.807, 2.05) is 0 Å². The van der Waals surface area contributed by atoms with Crippen molar-refractivity contribution in [2.75, 3.05) is 6.54 Å². The second kappa shape index (κ2) is 5.00. The Labute approximate surface area is 119 Å². The summed E-state index contributed by atoms with van der Waals surface area (Å²) in [6.45, 7) is 3.07. The van der Waals surface area contributed by atoms with Crippen molar-refractivity contribution in [2.24, 2.45) is 0 Å². The molecule has 1 aliphatic rings. The minimum absolute atomic E-state index is 0.359. The molecule has 1 N–H and O–H groups in total. The predicted molar refractivity (Wildman–Crippen MR) is 74.1 cm³/mol. The van der Waals surface area contributed by atoms with Crippen LogP contribution in [0.1, 0.15) is 36.3 Å². The number of nitrogens with one attached hydrogen (secondary N) is 1. The van der Waals surface area contributed by atoms with Crippen LogP contribution in [0.25, 0.3) is 10.2 Å². The molecule has 1 fully saturated rings. The SMILES string of the molecule is CC1CC(c2nc3cc(C(F)(F)F)ccc3s2)CCN1. The lowest BCUT2D eigenvalue weighted by Gasteiger charge is -2.26. The number of thiazole rings is 1. The van der Waals surface area contributed by atoms with Gasteiger partial charge >= 0.3 is 6.18 Å². The average Bonchev–Trinajstić information content (AvgIpc) is 2.80. The molecule has 2 unspecified atom stereocenters. The molecule has 3 rings (SSSR count). The Hall–Kier alpha value is -1.14. The number of hydrogen-bond donors (Lipinski definition) is 1. The molecule has 0 radical (unpaired) electrons. The van der Waals surface area contributed by atoms with Crippen LogP contribution in [0, 0.1) is 0 Å². The van der Waals surface area contributed by atoms with Gasteiger partial charge in [-0.25, -0.2) is 4.98 Å². The van der Waals surface area contributed by atoms with Gasteiger partial charge in [0.1, 0.15) is 0 Å². The minimum Gasteiger partial charge on any atom is -0.314 e. The van der Waals surface area contributed by atoms with Crippen LogP contribution in [0.2, 0.25) is 0 Å². The van der Waals surface area contributed by atoms with Crippen LogP contribution in [0.15, 0.2) is 18.2 Å². The maximum absolute atomic E-state index is 12.7. The van der Waals surface area contributed by atoms with Crippen molar-refractivity contribution in [3.05, 3.63) is 28.8 Å². The van der Waals surface area contributed by atoms with Gasteiger partial charge in [-0.1, -0.05) is 0 Å². The molecular weight excluding hydrogens is 285 g/mol. The first kappa shape index (κ1) is 13.8. The van der Waals surface area contributed by atoms with Gasteiger partial charge in [0.15, 0.2) is 0 Å². The third-order valence-electron chi connectivity index (χ3n) is 3.70. The molecule has 20 heavy (non-hydrogen) atoms. The maximum atomic E-state index is 12.7. The number of halogens is 3. The summed E-state index contributed by atoms with van der Waals surface area (Å²) in [5, 5.41) is 4.34. The van der Waals surface area contributed by atoms with Gasteiger partial charge in [0.2, 0.25) is 0 Å². The number of alkyl halides is 3. The largest absolute Gasteiger partial charge is 0.416 e. The Bertz CT molecular complexity index is 620. The van der Waals surface area contributed by atoms with Gasteiger partial charge in [-0.2, -0.15) is 13.2 Å². The van der Waals surface area contributed by atoms with Crippen LogP contribution in [-0.2, 0) is 6.18 Å². The van der Waals surface area contributed by atoms with E-state index in [4.69, 9.17) is 0 Å². The van der Waals surface area contributed by atoms with E-state index in [0.717, 1.165) is 41.2 Å². The standard InChI is InChI=1S/C14H15F3N2S/c1-8-6-9(4-5-18-8)13-19-11-7-10(14(15,16)17)2-3-12(11)20-13/h2-3,7-9,18H,4-6H2,1H3. The summed E-state index contributed by atoms with van der Waals surface area (Å²) < 4.78 is 38.9. The number of nitrogens with zero attached hydrogens (tertiary/aromatic N) is 1. The summed E-state index contributed by atoms with van der Waals surface area (Å²) in [6.07, 6.45) is -2.32. The molecule has 0 amide bonds. The summed E-state index contributed by atoms with van der Waals surface area (Å²) in [6, 6.07) is 4.26. The van der Waals surface area contributed by atoms with Crippen molar-refractivity contribution in [1.82, 2.24) is 10.3 Å². The fourth-order valence-electron chi connectivity index (χ4n) is 2.65. The van der Waals surface area contributed by atoms with Crippen molar-refractivity contribution in [1.29, 1.82) is 0 Å². The first-order valence-electron chi connectivity index (χ1n) is 6.64. The Morgan fingerprint density at radius 2 is 2.15 bits per heavy atom. The lowest BCUT2D eigenvalue weighted by atomic mass is 9.94. The molecule has 2 nitrogen and oxygen atoms in total. The van der Waals surface area contributed by atoms with Gasteiger partial charge in [-0.3, -0.25) is 0 Å². The van der Waals surface area contributed by atoms with Crippen molar-refractivity contribution in [2.45, 2.75) is 37.9 Å². The summed E-state index contributed by atoms with van der Waals surface area (Å²) in [5.74, 6) is 0.359. The molecule has 0 aliphatic carbocycles. The first-order valence-corrected chi connectivity index (χ1v) is 7.46. The van der Waals surface area contributed by atoms with Gasteiger partial charge in [-0.05, 0) is 44.5 Å². The molecule has 0 bridgehead atoms. The van der Waals surface area contributed by atoms with Crippen LogP contribution >= 0.6 is 11.3 Å². The van der Waals surface area contributed by atoms with Gasteiger partial charge in [0, 0.05) is 12.0 Å². The Morgan fingerprint density at radius 1 is 1.35 bits per heavy atom. The highest BCUT2D eigenvalue weighted by Gasteiger charge is 2.31. The molecule has 1 aromatic carbocycles. The number of aromatic nitrogens is 1. The van der Waals surface area contributed by atoms with E-state index < -0.39 is 11.7 Å². The predicted octanol–water partition coefficient (Wildman–Crippen LogP) is 4.17. The quantitative estimate of drug-likeness (QED) is 0.855. The Balaban J connectivity index is 1.94. The lowest BCUT2D eigenvalue weighted by molar-refractivity contribution is -0.137. The Morgan fingerprint density at radius 3 is 2.85 bits per heavy atom. The van der Waals surface area contributed by atoms with Crippen LogP contribution in [-0.4, -0.2) is 17.6 Å². The molecule has 0 saturated carbocycles. The number of fused-ring (bicyclic) bond motifs is 1. The zero-order valence-electron chi connectivity index (χ0n) is 11.0. The zero-order chi connectivity index (χ0) is 14.3. The van der Waals surface area contributed by atoms with Crippen LogP contribution in [0.5, 0.6) is 0 Å². The molecule has 2 aromatic rings. The van der Waals surface area contributed by atoms with Crippen molar-refractivity contribution < 1.29 is 13.2 Å². The first-order chi connectivity index (χ1) is 9.43. The van der Waals surface area contributed by atoms with Crippen molar-refractivity contribution in [3.63, 3.8) is 0 Å². The monoisotopic (exact) mass is 300 g/mol. The highest BCUT2D eigenvalue weighted by Crippen LogP contribution is 2.36. The van der Waals surface area contributed by atoms with Crippen molar-refractivity contribution >= 4 is 21.6 Å². The van der Waals surface area contributed by atoms with Crippen LogP contribution < -0.4 is 5.32 Å². The molecular formula is C14H15F3N2S. The Kier molecular flexibility index (Phi) is 3.46. The number of benzene rings is 1. The molecule has 1 aromatic heterocycles. The maximum Gasteiger partial charge on any atom is 0.416 e. The van der Waals surface area contributed by atoms with Gasteiger partial charge < -0.3 is 5.32 Å². The normalized spacial score (nSPS) is 24.2. The smallest absolute Gasteiger partial charge is 0.314 e. The van der Waals surface area contributed by atoms with E-state index in [2.05, 4.69) is 17.2 Å². The van der Waals surface area contributed by atoms with E-state index in [0.29, 0.717) is 17.5 Å². The second-order valence-electron chi connectivity index (χ2n) is 5.31. The number of rotatable bonds is 1. The van der Waals surface area contributed by atoms with E-state index in [1.54, 1.807) is 0 Å². The highest BCUT2D eigenvalue weighted by atomic mass is 32.1. The third-order valence-corrected chi connectivity index (χ3v) is 4.90. The zero-order valence-corrected chi connectivity index (χ0v) is 11.8. The summed E-state index contributed by atoms with van der Waals surface area (Å²) in [5.41, 5.74) is -0.161. The molecule has 1 aliphatic heterocycles. The third kappa shape index (κ3) is 2.67. The van der Waals surface area contributed by atoms with E-state index in [1.165, 1.54) is 17.4 Å². The fourth-order valence-corrected chi connectivity index (χ4v) is 3.75. The molecule has 1 saturated heterocycles. The topological polar surface area (TPSA) is 24.9 Å². The van der Waals surface area contributed by atoms with Gasteiger partial charge in [-0.15, -0.1) is 11.3 Å². The molecule has 0 spiro atoms. The van der Waals surface area contributed by atoms with Gasteiger partial charge in [0.05, 0.1) is 20.8 Å². The van der Waals surface area contributed by atoms with Gasteiger partial charge in [0.25, 0.3) is 0 Å². The fraction of sp³-hybridized carbons (Fsp3) is 0.500. The van der Waals surface area contributed by atoms with Crippen molar-refractivity contribution in [3.8, 4) is 0 Å². The number of hydrogen-bond acceptors (Lipinski definition) is 3. The summed E-state index contributed by atoms with van der Waals surface area (Å²) in [7, 11) is 0. The summed E-state index contributed by atoms with van der Waals surface area (Å²) in [4.78, 5) is 4.44. The molecule has 2 atom stereocenters. The average molecular weight is 300 g/mol. The number of piperidine rings is 1. The minimum atomic E-state index is -4.30. The molecule has 6 heteroatoms. The van der Waals surface area contributed by atoms with E-state index >= 15 is 0 Å². The second-order valence-corrected chi connectivity index (χ2v) is 6.37. The lowest BCUT2D eigenvalue weighted by Crippen LogP contribution is -2.34. The van der Waals surface area contributed by atoms with Crippen LogP contribution in [0.3, 0.4) is 0 Å². The molecule has 108 valence electrons. The highest BCUT2D eigenvalue weighted by molar-refractivity contribution is 7.18. The van der Waals surface area contributed by atoms with E-state index in [-0.39, 0.29) is 0 Å². The summed E-state index contributed by atoms with van der Waals surface area (Å²) >= 11 is 1.52.